The van der Waals surface area contributed by atoms with E-state index in [2.05, 4.69) is 21.2 Å². The second-order valence-electron chi connectivity index (χ2n) is 6.83. The Labute approximate surface area is 183 Å². The molecular weight excluding hydrogens is 476 g/mol. The molecule has 8 nitrogen and oxygen atoms in total. The third-order valence-electron chi connectivity index (χ3n) is 4.66. The van der Waals surface area contributed by atoms with Crippen molar-refractivity contribution in [1.29, 1.82) is 0 Å². The lowest BCUT2D eigenvalue weighted by Crippen LogP contribution is -2.30. The highest BCUT2D eigenvalue weighted by Crippen LogP contribution is 2.24. The van der Waals surface area contributed by atoms with Gasteiger partial charge in [-0.2, -0.15) is 4.31 Å². The SMILES string of the molecule is C[C@@H](OC(=O)c1cc(Br)ccc1O)C(=O)Nc1ccc(S(=O)(=O)N2CCCC2)cc1. The first-order chi connectivity index (χ1) is 14.2. The molecule has 0 saturated carbocycles. The quantitative estimate of drug-likeness (QED) is 0.593. The minimum absolute atomic E-state index is 0.0690. The molecule has 2 aromatic rings. The van der Waals surface area contributed by atoms with Gasteiger partial charge >= 0.3 is 5.97 Å². The number of ether oxygens (including phenoxy) is 1. The van der Waals surface area contributed by atoms with Gasteiger partial charge in [-0.05, 0) is 62.2 Å². The monoisotopic (exact) mass is 496 g/mol. The van der Waals surface area contributed by atoms with E-state index in [0.29, 0.717) is 23.2 Å². The standard InChI is InChI=1S/C20H21BrN2O6S/c1-13(29-20(26)17-12-14(21)4-9-18(17)24)19(25)22-15-5-7-16(8-6-15)30(27,28)23-10-2-3-11-23/h4-9,12-13,24H,2-3,10-11H2,1H3,(H,22,25)/t13-/m1/s1. The number of amides is 1. The van der Waals surface area contributed by atoms with Gasteiger partial charge in [-0.25, -0.2) is 13.2 Å². The summed E-state index contributed by atoms with van der Waals surface area (Å²) in [6.07, 6.45) is 0.563. The Morgan fingerprint density at radius 3 is 2.40 bits per heavy atom. The highest BCUT2D eigenvalue weighted by Gasteiger charge is 2.27. The molecule has 160 valence electrons. The molecule has 0 spiro atoms. The number of anilines is 1. The molecule has 0 unspecified atom stereocenters. The van der Waals surface area contributed by atoms with Gasteiger partial charge in [0.25, 0.3) is 5.91 Å². The number of phenols is 1. The third kappa shape index (κ3) is 5.00. The average molecular weight is 497 g/mol. The second-order valence-corrected chi connectivity index (χ2v) is 9.69. The molecule has 1 fully saturated rings. The van der Waals surface area contributed by atoms with Crippen LogP contribution in [0.1, 0.15) is 30.1 Å². The van der Waals surface area contributed by atoms with E-state index in [0.717, 1.165) is 12.8 Å². The van der Waals surface area contributed by atoms with E-state index in [-0.39, 0.29) is 16.2 Å². The smallest absolute Gasteiger partial charge is 0.342 e. The molecule has 30 heavy (non-hydrogen) atoms. The van der Waals surface area contributed by atoms with E-state index in [1.165, 1.54) is 47.6 Å². The van der Waals surface area contributed by atoms with Crippen LogP contribution in [0.25, 0.3) is 0 Å². The maximum absolute atomic E-state index is 12.5. The number of phenolic OH excluding ortho intramolecular Hbond substituents is 1. The highest BCUT2D eigenvalue weighted by molar-refractivity contribution is 9.10. The number of halogens is 1. The van der Waals surface area contributed by atoms with Crippen molar-refractivity contribution in [2.75, 3.05) is 18.4 Å². The van der Waals surface area contributed by atoms with Gasteiger partial charge in [-0.1, -0.05) is 15.9 Å². The molecule has 0 radical (unpaired) electrons. The van der Waals surface area contributed by atoms with Crippen molar-refractivity contribution < 1.29 is 27.9 Å². The van der Waals surface area contributed by atoms with Crippen LogP contribution in [0.15, 0.2) is 51.8 Å². The van der Waals surface area contributed by atoms with Gasteiger partial charge in [-0.15, -0.1) is 0 Å². The Kier molecular flexibility index (Phi) is 6.79. The summed E-state index contributed by atoms with van der Waals surface area (Å²) >= 11 is 3.20. The summed E-state index contributed by atoms with van der Waals surface area (Å²) in [5, 5.41) is 12.4. The Bertz CT molecular complexity index is 1050. The molecule has 0 bridgehead atoms. The number of nitrogens with zero attached hydrogens (tertiary/aromatic N) is 1. The van der Waals surface area contributed by atoms with Gasteiger partial charge in [0, 0.05) is 23.2 Å². The van der Waals surface area contributed by atoms with Crippen LogP contribution in [-0.4, -0.2) is 48.9 Å². The van der Waals surface area contributed by atoms with Crippen molar-refractivity contribution in [3.05, 3.63) is 52.5 Å². The summed E-state index contributed by atoms with van der Waals surface area (Å²) < 4.78 is 32.2. The lowest BCUT2D eigenvalue weighted by molar-refractivity contribution is -0.123. The maximum Gasteiger partial charge on any atom is 0.342 e. The van der Waals surface area contributed by atoms with Crippen molar-refractivity contribution in [3.63, 3.8) is 0 Å². The number of carbonyl (C=O) groups is 2. The third-order valence-corrected chi connectivity index (χ3v) is 7.06. The molecule has 1 amide bonds. The minimum atomic E-state index is -3.53. The molecule has 2 aromatic carbocycles. The van der Waals surface area contributed by atoms with Gasteiger partial charge in [0.1, 0.15) is 11.3 Å². The molecule has 1 heterocycles. The first-order valence-corrected chi connectivity index (χ1v) is 11.5. The molecule has 1 atom stereocenters. The van der Waals surface area contributed by atoms with E-state index in [1.54, 1.807) is 6.07 Å². The second kappa shape index (κ2) is 9.15. The summed E-state index contributed by atoms with van der Waals surface area (Å²) in [5.41, 5.74) is 0.300. The van der Waals surface area contributed by atoms with Gasteiger partial charge in [-0.3, -0.25) is 4.79 Å². The predicted molar refractivity (Wildman–Crippen MR) is 114 cm³/mol. The fourth-order valence-corrected chi connectivity index (χ4v) is 4.86. The predicted octanol–water partition coefficient (Wildman–Crippen LogP) is 3.12. The first kappa shape index (κ1) is 22.3. The van der Waals surface area contributed by atoms with Crippen LogP contribution in [0.4, 0.5) is 5.69 Å². The Balaban J connectivity index is 1.62. The summed E-state index contributed by atoms with van der Waals surface area (Å²) in [6, 6.07) is 10.1. The molecule has 2 N–H and O–H groups in total. The first-order valence-electron chi connectivity index (χ1n) is 9.29. The van der Waals surface area contributed by atoms with Gasteiger partial charge < -0.3 is 15.2 Å². The van der Waals surface area contributed by atoms with Crippen molar-refractivity contribution in [2.45, 2.75) is 30.8 Å². The number of benzene rings is 2. The van der Waals surface area contributed by atoms with Crippen LogP contribution in [-0.2, 0) is 19.6 Å². The Morgan fingerprint density at radius 1 is 1.13 bits per heavy atom. The number of rotatable bonds is 6. The van der Waals surface area contributed by atoms with Crippen molar-refractivity contribution in [3.8, 4) is 5.75 Å². The molecule has 1 saturated heterocycles. The van der Waals surface area contributed by atoms with E-state index in [9.17, 15) is 23.1 Å². The zero-order valence-corrected chi connectivity index (χ0v) is 18.6. The number of nitrogens with one attached hydrogen (secondary N) is 1. The average Bonchev–Trinajstić information content (AvgIpc) is 3.26. The number of hydrogen-bond donors (Lipinski definition) is 2. The van der Waals surface area contributed by atoms with E-state index < -0.39 is 28.0 Å². The molecule has 0 aliphatic carbocycles. The van der Waals surface area contributed by atoms with Crippen molar-refractivity contribution >= 4 is 43.5 Å². The van der Waals surface area contributed by atoms with Crippen LogP contribution in [0.3, 0.4) is 0 Å². The number of hydrogen-bond acceptors (Lipinski definition) is 6. The van der Waals surface area contributed by atoms with Gasteiger partial charge in [0.2, 0.25) is 10.0 Å². The molecule has 1 aliphatic rings. The summed E-state index contributed by atoms with van der Waals surface area (Å²) in [5.74, 6) is -1.69. The molecule has 1 aliphatic heterocycles. The van der Waals surface area contributed by atoms with Crippen LogP contribution in [0, 0.1) is 0 Å². The minimum Gasteiger partial charge on any atom is -0.507 e. The lowest BCUT2D eigenvalue weighted by atomic mass is 10.2. The van der Waals surface area contributed by atoms with Crippen LogP contribution in [0.2, 0.25) is 0 Å². The Hall–Kier alpha value is -2.43. The van der Waals surface area contributed by atoms with E-state index >= 15 is 0 Å². The Morgan fingerprint density at radius 2 is 1.77 bits per heavy atom. The van der Waals surface area contributed by atoms with Crippen LogP contribution in [0.5, 0.6) is 5.75 Å². The molecular formula is C20H21BrN2O6S. The fourth-order valence-electron chi connectivity index (χ4n) is 2.98. The fraction of sp³-hybridized carbons (Fsp3) is 0.300. The summed E-state index contributed by atoms with van der Waals surface area (Å²) in [6.45, 7) is 2.42. The van der Waals surface area contributed by atoms with Crippen LogP contribution < -0.4 is 5.32 Å². The van der Waals surface area contributed by atoms with Crippen molar-refractivity contribution in [1.82, 2.24) is 4.31 Å². The van der Waals surface area contributed by atoms with Gasteiger partial charge in [0.15, 0.2) is 6.10 Å². The number of aromatic hydroxyl groups is 1. The summed E-state index contributed by atoms with van der Waals surface area (Å²) in [4.78, 5) is 24.7. The summed E-state index contributed by atoms with van der Waals surface area (Å²) in [7, 11) is -3.53. The van der Waals surface area contributed by atoms with Crippen LogP contribution >= 0.6 is 15.9 Å². The number of carbonyl (C=O) groups excluding carboxylic acids is 2. The van der Waals surface area contributed by atoms with E-state index in [1.807, 2.05) is 0 Å². The number of sulfonamides is 1. The molecule has 3 rings (SSSR count). The number of esters is 1. The van der Waals surface area contributed by atoms with Gasteiger partial charge in [0.05, 0.1) is 4.90 Å². The molecule has 10 heteroatoms. The lowest BCUT2D eigenvalue weighted by Gasteiger charge is -2.16. The van der Waals surface area contributed by atoms with Crippen molar-refractivity contribution in [2.24, 2.45) is 0 Å². The zero-order valence-electron chi connectivity index (χ0n) is 16.2. The zero-order chi connectivity index (χ0) is 21.9. The highest BCUT2D eigenvalue weighted by atomic mass is 79.9. The normalized spacial score (nSPS) is 15.5. The maximum atomic E-state index is 12.5. The largest absolute Gasteiger partial charge is 0.507 e. The topological polar surface area (TPSA) is 113 Å². The molecule has 0 aromatic heterocycles. The van der Waals surface area contributed by atoms with E-state index in [4.69, 9.17) is 4.74 Å².